The molecule has 2 rings (SSSR count). The molecule has 1 heterocycles. The lowest BCUT2D eigenvalue weighted by atomic mass is 10.1. The van der Waals surface area contributed by atoms with Crippen molar-refractivity contribution in [3.05, 3.63) is 35.3 Å². The molecule has 0 atom stereocenters. The van der Waals surface area contributed by atoms with E-state index in [0.717, 1.165) is 11.2 Å². The molecule has 0 radical (unpaired) electrons. The van der Waals surface area contributed by atoms with E-state index in [4.69, 9.17) is 5.26 Å². The Balaban J connectivity index is 2.87. The third-order valence-corrected chi connectivity index (χ3v) is 1.99. The summed E-state index contributed by atoms with van der Waals surface area (Å²) in [5, 5.41) is 9.07. The number of nitriles is 1. The third-order valence-electron chi connectivity index (χ3n) is 1.99. The van der Waals surface area contributed by atoms with E-state index in [9.17, 15) is 4.39 Å². The number of nitrogens with one attached hydrogen (secondary N) is 1. The van der Waals surface area contributed by atoms with Crippen molar-refractivity contribution in [3.8, 4) is 6.07 Å². The fraction of sp³-hybridized carbons (Fsp3) is 0.100. The molecule has 13 heavy (non-hydrogen) atoms. The summed E-state index contributed by atoms with van der Waals surface area (Å²) in [7, 11) is 0. The molecule has 2 aromatic rings. The summed E-state index contributed by atoms with van der Waals surface area (Å²) >= 11 is 0. The number of fused-ring (bicyclic) bond motifs is 1. The van der Waals surface area contributed by atoms with Crippen LogP contribution in [0.15, 0.2) is 18.2 Å². The fourth-order valence-electron chi connectivity index (χ4n) is 1.39. The SMILES string of the molecule is Cc1cc2c(F)c(C#N)ccc2[nH]1. The molecule has 0 fully saturated rings. The molecule has 0 saturated carbocycles. The van der Waals surface area contributed by atoms with Crippen LogP contribution in [0.1, 0.15) is 11.3 Å². The van der Waals surface area contributed by atoms with Crippen LogP contribution in [0.4, 0.5) is 4.39 Å². The topological polar surface area (TPSA) is 39.6 Å². The minimum Gasteiger partial charge on any atom is -0.359 e. The molecule has 0 unspecified atom stereocenters. The zero-order valence-corrected chi connectivity index (χ0v) is 7.06. The van der Waals surface area contributed by atoms with Crippen molar-refractivity contribution in [2.45, 2.75) is 6.92 Å². The molecule has 1 aromatic carbocycles. The number of rotatable bonds is 0. The Bertz CT molecular complexity index is 505. The van der Waals surface area contributed by atoms with Gasteiger partial charge in [-0.05, 0) is 25.1 Å². The first-order valence-electron chi connectivity index (χ1n) is 3.90. The Hall–Kier alpha value is -1.82. The first kappa shape index (κ1) is 7.81. The van der Waals surface area contributed by atoms with Gasteiger partial charge in [-0.2, -0.15) is 5.26 Å². The molecule has 0 amide bonds. The minimum absolute atomic E-state index is 0.0894. The van der Waals surface area contributed by atoms with Gasteiger partial charge in [-0.15, -0.1) is 0 Å². The van der Waals surface area contributed by atoms with Gasteiger partial charge in [0.1, 0.15) is 11.9 Å². The average molecular weight is 174 g/mol. The van der Waals surface area contributed by atoms with Gasteiger partial charge in [-0.25, -0.2) is 4.39 Å². The van der Waals surface area contributed by atoms with E-state index in [1.165, 1.54) is 6.07 Å². The first-order chi connectivity index (χ1) is 6.22. The van der Waals surface area contributed by atoms with Crippen LogP contribution in [0.3, 0.4) is 0 Å². The van der Waals surface area contributed by atoms with Crippen LogP contribution in [0, 0.1) is 24.1 Å². The van der Waals surface area contributed by atoms with Gasteiger partial charge in [-0.3, -0.25) is 0 Å². The van der Waals surface area contributed by atoms with Crippen LogP contribution in [0.2, 0.25) is 0 Å². The summed E-state index contributed by atoms with van der Waals surface area (Å²) in [6.45, 7) is 1.85. The Labute approximate surface area is 74.6 Å². The molecule has 3 heteroatoms. The molecular weight excluding hydrogens is 167 g/mol. The smallest absolute Gasteiger partial charge is 0.150 e. The Morgan fingerprint density at radius 2 is 2.23 bits per heavy atom. The van der Waals surface area contributed by atoms with Gasteiger partial charge >= 0.3 is 0 Å². The second-order valence-electron chi connectivity index (χ2n) is 2.95. The predicted octanol–water partition coefficient (Wildman–Crippen LogP) is 2.49. The molecule has 0 aliphatic heterocycles. The number of halogens is 1. The van der Waals surface area contributed by atoms with Gasteiger partial charge in [0.25, 0.3) is 0 Å². The van der Waals surface area contributed by atoms with E-state index in [-0.39, 0.29) is 5.56 Å². The second kappa shape index (κ2) is 2.60. The van der Waals surface area contributed by atoms with Crippen molar-refractivity contribution in [1.29, 1.82) is 5.26 Å². The molecule has 0 aliphatic rings. The average Bonchev–Trinajstić information content (AvgIpc) is 2.47. The molecule has 1 N–H and O–H groups in total. The van der Waals surface area contributed by atoms with Crippen molar-refractivity contribution >= 4 is 10.9 Å². The van der Waals surface area contributed by atoms with Gasteiger partial charge in [0.05, 0.1) is 5.56 Å². The van der Waals surface area contributed by atoms with E-state index in [0.29, 0.717) is 5.39 Å². The Morgan fingerprint density at radius 1 is 1.46 bits per heavy atom. The van der Waals surface area contributed by atoms with Crippen LogP contribution in [0.5, 0.6) is 0 Å². The molecule has 0 saturated heterocycles. The second-order valence-corrected chi connectivity index (χ2v) is 2.95. The fourth-order valence-corrected chi connectivity index (χ4v) is 1.39. The minimum atomic E-state index is -0.440. The van der Waals surface area contributed by atoms with E-state index in [2.05, 4.69) is 4.98 Å². The summed E-state index contributed by atoms with van der Waals surface area (Å²) in [4.78, 5) is 3.00. The molecule has 0 spiro atoms. The number of hydrogen-bond acceptors (Lipinski definition) is 1. The predicted molar refractivity (Wildman–Crippen MR) is 47.7 cm³/mol. The van der Waals surface area contributed by atoms with Gasteiger partial charge < -0.3 is 4.98 Å². The van der Waals surface area contributed by atoms with E-state index < -0.39 is 5.82 Å². The summed E-state index contributed by atoms with van der Waals surface area (Å²) < 4.78 is 13.4. The van der Waals surface area contributed by atoms with Gasteiger partial charge in [0.15, 0.2) is 0 Å². The lowest BCUT2D eigenvalue weighted by Gasteiger charge is -1.93. The summed E-state index contributed by atoms with van der Waals surface area (Å²) in [5.74, 6) is -0.440. The van der Waals surface area contributed by atoms with E-state index in [1.54, 1.807) is 12.1 Å². The Morgan fingerprint density at radius 3 is 2.92 bits per heavy atom. The van der Waals surface area contributed by atoms with Gasteiger partial charge in [0.2, 0.25) is 0 Å². The number of aromatic amines is 1. The standard InChI is InChI=1S/C10H7FN2/c1-6-4-8-9(13-6)3-2-7(5-12)10(8)11/h2-4,13H,1H3. The van der Waals surface area contributed by atoms with Gasteiger partial charge in [0, 0.05) is 16.6 Å². The van der Waals surface area contributed by atoms with Crippen LogP contribution >= 0.6 is 0 Å². The maximum absolute atomic E-state index is 13.4. The van der Waals surface area contributed by atoms with Crippen LogP contribution in [-0.2, 0) is 0 Å². The molecule has 0 bridgehead atoms. The lowest BCUT2D eigenvalue weighted by Crippen LogP contribution is -1.82. The monoisotopic (exact) mass is 174 g/mol. The number of hydrogen-bond donors (Lipinski definition) is 1. The van der Waals surface area contributed by atoms with Crippen molar-refractivity contribution < 1.29 is 4.39 Å². The van der Waals surface area contributed by atoms with Crippen LogP contribution in [0.25, 0.3) is 10.9 Å². The maximum Gasteiger partial charge on any atom is 0.150 e. The number of aryl methyl sites for hydroxylation is 1. The summed E-state index contributed by atoms with van der Waals surface area (Å²) in [5.41, 5.74) is 1.71. The maximum atomic E-state index is 13.4. The Kier molecular flexibility index (Phi) is 1.56. The highest BCUT2D eigenvalue weighted by molar-refractivity contribution is 5.82. The van der Waals surface area contributed by atoms with Crippen molar-refractivity contribution in [2.75, 3.05) is 0 Å². The van der Waals surface area contributed by atoms with Crippen LogP contribution in [-0.4, -0.2) is 4.98 Å². The molecular formula is C10H7FN2. The highest BCUT2D eigenvalue weighted by Gasteiger charge is 2.07. The van der Waals surface area contributed by atoms with Crippen molar-refractivity contribution in [1.82, 2.24) is 4.98 Å². The van der Waals surface area contributed by atoms with E-state index in [1.807, 2.05) is 13.0 Å². The number of nitrogens with zero attached hydrogens (tertiary/aromatic N) is 1. The van der Waals surface area contributed by atoms with E-state index >= 15 is 0 Å². The molecule has 0 aliphatic carbocycles. The normalized spacial score (nSPS) is 10.2. The molecule has 1 aromatic heterocycles. The number of H-pyrrole nitrogens is 1. The highest BCUT2D eigenvalue weighted by Crippen LogP contribution is 2.21. The van der Waals surface area contributed by atoms with Gasteiger partial charge in [-0.1, -0.05) is 0 Å². The molecule has 64 valence electrons. The largest absolute Gasteiger partial charge is 0.359 e. The summed E-state index contributed by atoms with van der Waals surface area (Å²) in [6, 6.07) is 6.70. The summed E-state index contributed by atoms with van der Waals surface area (Å²) in [6.07, 6.45) is 0. The van der Waals surface area contributed by atoms with Crippen molar-refractivity contribution in [3.63, 3.8) is 0 Å². The first-order valence-corrected chi connectivity index (χ1v) is 3.90. The quantitative estimate of drug-likeness (QED) is 0.654. The highest BCUT2D eigenvalue weighted by atomic mass is 19.1. The van der Waals surface area contributed by atoms with Crippen LogP contribution < -0.4 is 0 Å². The van der Waals surface area contributed by atoms with Crippen molar-refractivity contribution in [2.24, 2.45) is 0 Å². The number of aromatic nitrogens is 1. The zero-order valence-electron chi connectivity index (χ0n) is 7.06. The molecule has 2 nitrogen and oxygen atoms in total. The number of benzene rings is 1. The third kappa shape index (κ3) is 1.07. The zero-order chi connectivity index (χ0) is 9.42. The lowest BCUT2D eigenvalue weighted by molar-refractivity contribution is 0.636.